The molecule has 0 aliphatic heterocycles. The molecule has 0 bridgehead atoms. The smallest absolute Gasteiger partial charge is 0.242 e. The van der Waals surface area contributed by atoms with Gasteiger partial charge in [0.2, 0.25) is 5.91 Å². The average Bonchev–Trinajstić information content (AvgIpc) is 2.47. The van der Waals surface area contributed by atoms with Gasteiger partial charge >= 0.3 is 0 Å². The zero-order valence-corrected chi connectivity index (χ0v) is 13.9. The maximum Gasteiger partial charge on any atom is 0.242 e. The summed E-state index contributed by atoms with van der Waals surface area (Å²) in [5.41, 5.74) is 0.658. The van der Waals surface area contributed by atoms with Crippen molar-refractivity contribution in [3.8, 4) is 11.5 Å². The molecule has 0 saturated heterocycles. The van der Waals surface area contributed by atoms with Crippen LogP contribution in [-0.2, 0) is 4.79 Å². The van der Waals surface area contributed by atoms with Gasteiger partial charge in [0, 0.05) is 18.2 Å². The quantitative estimate of drug-likeness (QED) is 0.812. The van der Waals surface area contributed by atoms with E-state index in [1.165, 1.54) is 7.11 Å². The van der Waals surface area contributed by atoms with Gasteiger partial charge in [-0.15, -0.1) is 0 Å². The number of anilines is 1. The molecule has 5 nitrogen and oxygen atoms in total. The van der Waals surface area contributed by atoms with E-state index in [-0.39, 0.29) is 11.9 Å². The van der Waals surface area contributed by atoms with E-state index in [1.807, 2.05) is 13.8 Å². The molecule has 2 unspecified atom stereocenters. The molecule has 0 fully saturated rings. The monoisotopic (exact) mass is 314 g/mol. The second-order valence-corrected chi connectivity index (χ2v) is 5.28. The SMILES string of the molecule is CCC(C)NC(=O)C(C)Nc1cc(OC)c(Cl)cc1OC. The first-order valence-corrected chi connectivity index (χ1v) is 7.29. The predicted molar refractivity (Wildman–Crippen MR) is 85.5 cm³/mol. The Bertz CT molecular complexity index is 494. The zero-order chi connectivity index (χ0) is 16.0. The van der Waals surface area contributed by atoms with E-state index >= 15 is 0 Å². The van der Waals surface area contributed by atoms with E-state index in [2.05, 4.69) is 10.6 Å². The lowest BCUT2D eigenvalue weighted by molar-refractivity contribution is -0.122. The maximum atomic E-state index is 12.1. The molecule has 0 spiro atoms. The molecule has 0 saturated carbocycles. The van der Waals surface area contributed by atoms with Crippen LogP contribution in [0.1, 0.15) is 27.2 Å². The first kappa shape index (κ1) is 17.4. The molecule has 6 heteroatoms. The number of carbonyl (C=O) groups is 1. The van der Waals surface area contributed by atoms with Crippen LogP contribution in [0, 0.1) is 0 Å². The van der Waals surface area contributed by atoms with Crippen LogP contribution >= 0.6 is 11.6 Å². The Balaban J connectivity index is 2.88. The molecular formula is C15H23ClN2O3. The summed E-state index contributed by atoms with van der Waals surface area (Å²) in [5, 5.41) is 6.50. The van der Waals surface area contributed by atoms with Crippen LogP contribution in [0.3, 0.4) is 0 Å². The number of hydrogen-bond donors (Lipinski definition) is 2. The molecular weight excluding hydrogens is 292 g/mol. The van der Waals surface area contributed by atoms with Gasteiger partial charge in [0.25, 0.3) is 0 Å². The number of amides is 1. The van der Waals surface area contributed by atoms with E-state index in [4.69, 9.17) is 21.1 Å². The van der Waals surface area contributed by atoms with E-state index in [9.17, 15) is 4.79 Å². The third-order valence-electron chi connectivity index (χ3n) is 3.24. The van der Waals surface area contributed by atoms with Crippen molar-refractivity contribution in [1.82, 2.24) is 5.32 Å². The van der Waals surface area contributed by atoms with Crippen molar-refractivity contribution >= 4 is 23.2 Å². The lowest BCUT2D eigenvalue weighted by Gasteiger charge is -2.20. The standard InChI is InChI=1S/C15H23ClN2O3/c1-6-9(2)17-15(19)10(3)18-12-8-13(20-4)11(16)7-14(12)21-5/h7-10,18H,6H2,1-5H3,(H,17,19). The highest BCUT2D eigenvalue weighted by Crippen LogP contribution is 2.36. The number of rotatable bonds is 7. The zero-order valence-electron chi connectivity index (χ0n) is 13.1. The average molecular weight is 315 g/mol. The van der Waals surface area contributed by atoms with Crippen LogP contribution < -0.4 is 20.1 Å². The second-order valence-electron chi connectivity index (χ2n) is 4.87. The van der Waals surface area contributed by atoms with Crippen molar-refractivity contribution in [2.45, 2.75) is 39.3 Å². The Morgan fingerprint density at radius 3 is 2.38 bits per heavy atom. The minimum absolute atomic E-state index is 0.0691. The fraction of sp³-hybridized carbons (Fsp3) is 0.533. The molecule has 2 atom stereocenters. The number of hydrogen-bond acceptors (Lipinski definition) is 4. The van der Waals surface area contributed by atoms with Crippen molar-refractivity contribution < 1.29 is 14.3 Å². The summed E-state index contributed by atoms with van der Waals surface area (Å²) in [6, 6.07) is 3.11. The minimum atomic E-state index is -0.404. The minimum Gasteiger partial charge on any atom is -0.495 e. The Labute approximate surface area is 131 Å². The number of ether oxygens (including phenoxy) is 2. The summed E-state index contributed by atoms with van der Waals surface area (Å²) >= 11 is 6.05. The molecule has 1 amide bonds. The molecule has 118 valence electrons. The van der Waals surface area contributed by atoms with Gasteiger partial charge in [0.1, 0.15) is 17.5 Å². The van der Waals surface area contributed by atoms with Gasteiger partial charge in [-0.1, -0.05) is 18.5 Å². The van der Waals surface area contributed by atoms with Crippen LogP contribution in [-0.4, -0.2) is 32.2 Å². The second kappa shape index (κ2) is 7.98. The van der Waals surface area contributed by atoms with Crippen LogP contribution in [0.4, 0.5) is 5.69 Å². The van der Waals surface area contributed by atoms with Crippen LogP contribution in [0.15, 0.2) is 12.1 Å². The van der Waals surface area contributed by atoms with Gasteiger partial charge in [-0.25, -0.2) is 0 Å². The van der Waals surface area contributed by atoms with E-state index in [0.29, 0.717) is 22.2 Å². The molecule has 1 aromatic carbocycles. The summed E-state index contributed by atoms with van der Waals surface area (Å²) in [6.45, 7) is 5.78. The Hall–Kier alpha value is -1.62. The highest BCUT2D eigenvalue weighted by atomic mass is 35.5. The summed E-state index contributed by atoms with van der Waals surface area (Å²) in [7, 11) is 3.09. The fourth-order valence-electron chi connectivity index (χ4n) is 1.74. The highest BCUT2D eigenvalue weighted by Gasteiger charge is 2.17. The molecule has 2 N–H and O–H groups in total. The first-order valence-electron chi connectivity index (χ1n) is 6.91. The van der Waals surface area contributed by atoms with Crippen LogP contribution in [0.5, 0.6) is 11.5 Å². The summed E-state index contributed by atoms with van der Waals surface area (Å²) in [5.74, 6) is 1.01. The number of halogens is 1. The van der Waals surface area contributed by atoms with Crippen molar-refractivity contribution in [3.63, 3.8) is 0 Å². The van der Waals surface area contributed by atoms with Crippen molar-refractivity contribution in [2.24, 2.45) is 0 Å². The molecule has 0 aliphatic rings. The van der Waals surface area contributed by atoms with E-state index < -0.39 is 6.04 Å². The van der Waals surface area contributed by atoms with Gasteiger partial charge < -0.3 is 20.1 Å². The molecule has 1 rings (SSSR count). The Kier molecular flexibility index (Phi) is 6.62. The Morgan fingerprint density at radius 1 is 1.24 bits per heavy atom. The van der Waals surface area contributed by atoms with Crippen molar-refractivity contribution in [1.29, 1.82) is 0 Å². The first-order chi connectivity index (χ1) is 9.92. The fourth-order valence-corrected chi connectivity index (χ4v) is 1.97. The van der Waals surface area contributed by atoms with Gasteiger partial charge in [-0.05, 0) is 20.3 Å². The number of methoxy groups -OCH3 is 2. The van der Waals surface area contributed by atoms with Gasteiger partial charge in [0.15, 0.2) is 0 Å². The number of benzene rings is 1. The molecule has 0 aliphatic carbocycles. The van der Waals surface area contributed by atoms with Crippen molar-refractivity contribution in [2.75, 3.05) is 19.5 Å². The van der Waals surface area contributed by atoms with Crippen LogP contribution in [0.25, 0.3) is 0 Å². The Morgan fingerprint density at radius 2 is 1.86 bits per heavy atom. The number of carbonyl (C=O) groups excluding carboxylic acids is 1. The third kappa shape index (κ3) is 4.70. The summed E-state index contributed by atoms with van der Waals surface area (Å²) < 4.78 is 10.5. The molecule has 21 heavy (non-hydrogen) atoms. The summed E-state index contributed by atoms with van der Waals surface area (Å²) in [6.07, 6.45) is 0.885. The topological polar surface area (TPSA) is 59.6 Å². The lowest BCUT2D eigenvalue weighted by Crippen LogP contribution is -2.41. The largest absolute Gasteiger partial charge is 0.495 e. The maximum absolute atomic E-state index is 12.1. The lowest BCUT2D eigenvalue weighted by atomic mass is 10.2. The van der Waals surface area contributed by atoms with Gasteiger partial charge in [0.05, 0.1) is 24.9 Å². The number of nitrogens with one attached hydrogen (secondary N) is 2. The van der Waals surface area contributed by atoms with Crippen LogP contribution in [0.2, 0.25) is 5.02 Å². The highest BCUT2D eigenvalue weighted by molar-refractivity contribution is 6.32. The van der Waals surface area contributed by atoms with E-state index in [1.54, 1.807) is 26.2 Å². The van der Waals surface area contributed by atoms with E-state index in [0.717, 1.165) is 6.42 Å². The molecule has 0 heterocycles. The van der Waals surface area contributed by atoms with Crippen molar-refractivity contribution in [3.05, 3.63) is 17.2 Å². The predicted octanol–water partition coefficient (Wildman–Crippen LogP) is 3.07. The molecule has 0 radical (unpaired) electrons. The normalized spacial score (nSPS) is 13.2. The molecule has 0 aromatic heterocycles. The van der Waals surface area contributed by atoms with Gasteiger partial charge in [-0.2, -0.15) is 0 Å². The molecule has 1 aromatic rings. The summed E-state index contributed by atoms with van der Waals surface area (Å²) in [4.78, 5) is 12.1. The van der Waals surface area contributed by atoms with Gasteiger partial charge in [-0.3, -0.25) is 4.79 Å². The third-order valence-corrected chi connectivity index (χ3v) is 3.54.